The van der Waals surface area contributed by atoms with Crippen LogP contribution in [0.15, 0.2) is 5.16 Å². The second-order valence-electron chi connectivity index (χ2n) is 4.59. The Hall–Kier alpha value is -2.12. The summed E-state index contributed by atoms with van der Waals surface area (Å²) < 4.78 is 0. The molecule has 8 nitrogen and oxygen atoms in total. The number of primary amides is 1. The summed E-state index contributed by atoms with van der Waals surface area (Å²) >= 11 is 0. The summed E-state index contributed by atoms with van der Waals surface area (Å²) in [6.07, 6.45) is 1.09. The van der Waals surface area contributed by atoms with Crippen LogP contribution < -0.4 is 5.73 Å². The fourth-order valence-electron chi connectivity index (χ4n) is 2.31. The van der Waals surface area contributed by atoms with Crippen molar-refractivity contribution in [2.24, 2.45) is 10.9 Å². The molecule has 0 aromatic carbocycles. The van der Waals surface area contributed by atoms with Gasteiger partial charge in [-0.25, -0.2) is 4.79 Å². The normalized spacial score (nSPS) is 26.5. The first-order valence-corrected chi connectivity index (χ1v) is 6.06. The molecule has 3 N–H and O–H groups in total. The molecule has 2 heterocycles. The van der Waals surface area contributed by atoms with Crippen molar-refractivity contribution in [2.45, 2.75) is 37.8 Å². The van der Waals surface area contributed by atoms with E-state index in [1.807, 2.05) is 0 Å². The van der Waals surface area contributed by atoms with Crippen LogP contribution in [0.25, 0.3) is 0 Å². The van der Waals surface area contributed by atoms with Gasteiger partial charge in [-0.2, -0.15) is 0 Å². The fourth-order valence-corrected chi connectivity index (χ4v) is 2.31. The van der Waals surface area contributed by atoms with E-state index in [-0.39, 0.29) is 12.1 Å². The summed E-state index contributed by atoms with van der Waals surface area (Å²) in [6.45, 7) is 0.425. The lowest BCUT2D eigenvalue weighted by Crippen LogP contribution is -2.53. The highest BCUT2D eigenvalue weighted by Crippen LogP contribution is 2.21. The summed E-state index contributed by atoms with van der Waals surface area (Å²) in [6, 6.07) is -0.640. The van der Waals surface area contributed by atoms with Crippen molar-refractivity contribution in [3.05, 3.63) is 0 Å². The predicted octanol–water partition coefficient (Wildman–Crippen LogP) is -0.918. The molecule has 0 aliphatic carbocycles. The summed E-state index contributed by atoms with van der Waals surface area (Å²) in [4.78, 5) is 40.4. The molecule has 2 atom stereocenters. The van der Waals surface area contributed by atoms with Crippen molar-refractivity contribution >= 4 is 23.5 Å². The predicted molar refractivity (Wildman–Crippen MR) is 63.1 cm³/mol. The van der Waals surface area contributed by atoms with Gasteiger partial charge in [-0.1, -0.05) is 5.16 Å². The Morgan fingerprint density at radius 1 is 1.37 bits per heavy atom. The lowest BCUT2D eigenvalue weighted by Gasteiger charge is -2.34. The molecular formula is C11H15N3O5. The van der Waals surface area contributed by atoms with Gasteiger partial charge in [-0.15, -0.1) is 0 Å². The molecule has 8 heteroatoms. The third kappa shape index (κ3) is 2.67. The average molecular weight is 269 g/mol. The van der Waals surface area contributed by atoms with E-state index >= 15 is 0 Å². The minimum Gasteiger partial charge on any atom is -0.477 e. The molecule has 2 amide bonds. The summed E-state index contributed by atoms with van der Waals surface area (Å²) in [7, 11) is 0. The standard InChI is InChI=1S/C11H15N3O5/c12-9(15)7-3-1-2-4-14(7)10(16)8-5-6(11(17)18)13-19-8/h7-8H,1-5H2,(H2,12,15)(H,17,18). The number of carbonyl (C=O) groups excluding carboxylic acids is 2. The number of amides is 2. The third-order valence-electron chi connectivity index (χ3n) is 3.31. The number of hydrogen-bond acceptors (Lipinski definition) is 5. The molecule has 0 saturated carbocycles. The third-order valence-corrected chi connectivity index (χ3v) is 3.31. The Balaban J connectivity index is 2.03. The Kier molecular flexibility index (Phi) is 3.68. The van der Waals surface area contributed by atoms with Crippen molar-refractivity contribution in [3.8, 4) is 0 Å². The van der Waals surface area contributed by atoms with Gasteiger partial charge in [-0.05, 0) is 19.3 Å². The number of likely N-dealkylation sites (tertiary alicyclic amines) is 1. The zero-order chi connectivity index (χ0) is 14.0. The van der Waals surface area contributed by atoms with E-state index in [0.29, 0.717) is 13.0 Å². The SMILES string of the molecule is NC(=O)C1CCCCN1C(=O)C1CC(C(=O)O)=NO1. The Labute approximate surface area is 109 Å². The maximum Gasteiger partial charge on any atom is 0.353 e. The van der Waals surface area contributed by atoms with Gasteiger partial charge < -0.3 is 20.6 Å². The van der Waals surface area contributed by atoms with Gasteiger partial charge in [0.25, 0.3) is 5.91 Å². The van der Waals surface area contributed by atoms with E-state index in [1.54, 1.807) is 0 Å². The number of aliphatic carboxylic acids is 1. The number of rotatable bonds is 3. The topological polar surface area (TPSA) is 122 Å². The summed E-state index contributed by atoms with van der Waals surface area (Å²) in [5.41, 5.74) is 5.08. The molecule has 0 bridgehead atoms. The number of oxime groups is 1. The first-order valence-electron chi connectivity index (χ1n) is 6.06. The van der Waals surface area contributed by atoms with Gasteiger partial charge >= 0.3 is 5.97 Å². The molecule has 0 radical (unpaired) electrons. The molecule has 1 fully saturated rings. The quantitative estimate of drug-likeness (QED) is 0.686. The molecule has 1 saturated heterocycles. The Bertz CT molecular complexity index is 448. The van der Waals surface area contributed by atoms with E-state index in [9.17, 15) is 14.4 Å². The minimum absolute atomic E-state index is 0.0872. The minimum atomic E-state index is -1.21. The monoisotopic (exact) mass is 269 g/mol. The van der Waals surface area contributed by atoms with Gasteiger partial charge in [0.1, 0.15) is 6.04 Å². The van der Waals surface area contributed by atoms with Crippen LogP contribution >= 0.6 is 0 Å². The molecule has 2 aliphatic rings. The summed E-state index contributed by atoms with van der Waals surface area (Å²) in [5, 5.41) is 12.1. The molecular weight excluding hydrogens is 254 g/mol. The van der Waals surface area contributed by atoms with Crippen LogP contribution in [0.1, 0.15) is 25.7 Å². The van der Waals surface area contributed by atoms with Crippen LogP contribution in [0.3, 0.4) is 0 Å². The lowest BCUT2D eigenvalue weighted by molar-refractivity contribution is -0.149. The van der Waals surface area contributed by atoms with E-state index in [0.717, 1.165) is 12.8 Å². The molecule has 0 aromatic heterocycles. The maximum atomic E-state index is 12.2. The van der Waals surface area contributed by atoms with E-state index in [4.69, 9.17) is 15.7 Å². The zero-order valence-corrected chi connectivity index (χ0v) is 10.2. The van der Waals surface area contributed by atoms with Crippen LogP contribution in [0, 0.1) is 0 Å². The van der Waals surface area contributed by atoms with Crippen LogP contribution in [-0.4, -0.2) is 52.2 Å². The molecule has 104 valence electrons. The Morgan fingerprint density at radius 2 is 2.11 bits per heavy atom. The molecule has 2 aliphatic heterocycles. The van der Waals surface area contributed by atoms with Crippen LogP contribution in [0.4, 0.5) is 0 Å². The van der Waals surface area contributed by atoms with Crippen molar-refractivity contribution in [3.63, 3.8) is 0 Å². The number of nitrogens with zero attached hydrogens (tertiary/aromatic N) is 2. The van der Waals surface area contributed by atoms with Gasteiger partial charge in [0.2, 0.25) is 12.0 Å². The van der Waals surface area contributed by atoms with E-state index < -0.39 is 29.9 Å². The lowest BCUT2D eigenvalue weighted by atomic mass is 10.00. The number of hydrogen-bond donors (Lipinski definition) is 2. The highest BCUT2D eigenvalue weighted by atomic mass is 16.6. The maximum absolute atomic E-state index is 12.2. The highest BCUT2D eigenvalue weighted by molar-refractivity contribution is 6.36. The number of nitrogens with two attached hydrogens (primary N) is 1. The molecule has 19 heavy (non-hydrogen) atoms. The van der Waals surface area contributed by atoms with Crippen molar-refractivity contribution < 1.29 is 24.3 Å². The van der Waals surface area contributed by atoms with Gasteiger partial charge in [-0.3, -0.25) is 9.59 Å². The number of carboxylic acids is 1. The van der Waals surface area contributed by atoms with E-state index in [1.165, 1.54) is 4.90 Å². The van der Waals surface area contributed by atoms with Gasteiger partial charge in [0, 0.05) is 13.0 Å². The number of carboxylic acid groups (broad SMARTS) is 1. The molecule has 2 unspecified atom stereocenters. The fraction of sp³-hybridized carbons (Fsp3) is 0.636. The van der Waals surface area contributed by atoms with Crippen LogP contribution in [0.5, 0.6) is 0 Å². The van der Waals surface area contributed by atoms with Gasteiger partial charge in [0.15, 0.2) is 5.71 Å². The van der Waals surface area contributed by atoms with E-state index in [2.05, 4.69) is 5.16 Å². The largest absolute Gasteiger partial charge is 0.477 e. The van der Waals surface area contributed by atoms with Crippen molar-refractivity contribution in [1.29, 1.82) is 0 Å². The smallest absolute Gasteiger partial charge is 0.353 e. The first-order chi connectivity index (χ1) is 9.00. The molecule has 0 aromatic rings. The Morgan fingerprint density at radius 3 is 2.68 bits per heavy atom. The zero-order valence-electron chi connectivity index (χ0n) is 10.2. The van der Waals surface area contributed by atoms with Crippen LogP contribution in [-0.2, 0) is 19.2 Å². The first kappa shape index (κ1) is 13.3. The molecule has 0 spiro atoms. The van der Waals surface area contributed by atoms with Crippen molar-refractivity contribution in [2.75, 3.05) is 6.54 Å². The van der Waals surface area contributed by atoms with Crippen molar-refractivity contribution in [1.82, 2.24) is 4.90 Å². The number of carbonyl (C=O) groups is 3. The summed E-state index contributed by atoms with van der Waals surface area (Å²) in [5.74, 6) is -2.19. The number of piperidine rings is 1. The second-order valence-corrected chi connectivity index (χ2v) is 4.59. The highest BCUT2D eigenvalue weighted by Gasteiger charge is 2.39. The van der Waals surface area contributed by atoms with Gasteiger partial charge in [0.05, 0.1) is 0 Å². The van der Waals surface area contributed by atoms with Crippen LogP contribution in [0.2, 0.25) is 0 Å². The average Bonchev–Trinajstić information content (AvgIpc) is 2.87. The molecule has 2 rings (SSSR count). The second kappa shape index (κ2) is 5.25.